The van der Waals surface area contributed by atoms with E-state index in [0.717, 1.165) is 117 Å². The van der Waals surface area contributed by atoms with E-state index in [9.17, 15) is 0 Å². The van der Waals surface area contributed by atoms with E-state index in [4.69, 9.17) is 19.2 Å². The average molecular weight is 657 g/mol. The maximum atomic E-state index is 6.55. The molecule has 0 saturated heterocycles. The molecule has 262 valence electrons. The summed E-state index contributed by atoms with van der Waals surface area (Å²) in [7, 11) is 0. The summed E-state index contributed by atoms with van der Waals surface area (Å²) in [6.07, 6.45) is 4.08. The van der Waals surface area contributed by atoms with Gasteiger partial charge >= 0.3 is 0 Å². The lowest BCUT2D eigenvalue weighted by atomic mass is 9.87. The van der Waals surface area contributed by atoms with Crippen LogP contribution in [0.1, 0.15) is 86.6 Å². The van der Waals surface area contributed by atoms with E-state index in [1.54, 1.807) is 0 Å². The molecule has 4 aromatic rings. The molecule has 0 saturated carbocycles. The number of benzene rings is 3. The Hall–Kier alpha value is -3.55. The number of fused-ring (bicyclic) bond motifs is 1. The maximum absolute atomic E-state index is 6.55. The van der Waals surface area contributed by atoms with Crippen LogP contribution in [0.5, 0.6) is 23.0 Å². The summed E-state index contributed by atoms with van der Waals surface area (Å²) in [5, 5.41) is 0. The van der Waals surface area contributed by atoms with Crippen molar-refractivity contribution in [3.05, 3.63) is 66.2 Å². The van der Waals surface area contributed by atoms with Gasteiger partial charge in [-0.25, -0.2) is 4.98 Å². The van der Waals surface area contributed by atoms with Gasteiger partial charge in [-0.3, -0.25) is 0 Å². The molecule has 0 spiro atoms. The predicted molar refractivity (Wildman–Crippen MR) is 201 cm³/mol. The second-order valence-corrected chi connectivity index (χ2v) is 13.6. The highest BCUT2D eigenvalue weighted by Gasteiger charge is 2.19. The van der Waals surface area contributed by atoms with E-state index in [1.165, 1.54) is 5.56 Å². The third-order valence-corrected chi connectivity index (χ3v) is 9.16. The molecule has 0 aliphatic carbocycles. The fourth-order valence-corrected chi connectivity index (χ4v) is 6.00. The van der Waals surface area contributed by atoms with Crippen LogP contribution in [0.2, 0.25) is 0 Å². The van der Waals surface area contributed by atoms with Crippen molar-refractivity contribution in [3.8, 4) is 34.4 Å². The molecular formula is C41H60N4O3. The van der Waals surface area contributed by atoms with Gasteiger partial charge in [0, 0.05) is 31.8 Å². The number of hydrogen-bond donors (Lipinski definition) is 0. The van der Waals surface area contributed by atoms with Gasteiger partial charge in [0.25, 0.3) is 0 Å². The van der Waals surface area contributed by atoms with Crippen molar-refractivity contribution in [2.45, 2.75) is 93.0 Å². The Balaban J connectivity index is 1.63. The van der Waals surface area contributed by atoms with Crippen LogP contribution in [0.25, 0.3) is 22.4 Å². The van der Waals surface area contributed by atoms with Gasteiger partial charge in [0.05, 0.1) is 29.8 Å². The summed E-state index contributed by atoms with van der Waals surface area (Å²) in [5.74, 6) is 4.20. The summed E-state index contributed by atoms with van der Waals surface area (Å²) >= 11 is 0. The second kappa shape index (κ2) is 18.3. The molecule has 0 aliphatic rings. The number of imidazole rings is 1. The summed E-state index contributed by atoms with van der Waals surface area (Å²) in [6.45, 7) is 26.2. The lowest BCUT2D eigenvalue weighted by Crippen LogP contribution is -2.25. The largest absolute Gasteiger partial charge is 0.493 e. The van der Waals surface area contributed by atoms with Gasteiger partial charge in [0.15, 0.2) is 0 Å². The van der Waals surface area contributed by atoms with Gasteiger partial charge in [-0.2, -0.15) is 0 Å². The number of hydrogen-bond acceptors (Lipinski definition) is 6. The zero-order chi connectivity index (χ0) is 34.5. The third kappa shape index (κ3) is 10.2. The Morgan fingerprint density at radius 2 is 1.27 bits per heavy atom. The van der Waals surface area contributed by atoms with Crippen molar-refractivity contribution < 1.29 is 14.2 Å². The quantitative estimate of drug-likeness (QED) is 0.0883. The van der Waals surface area contributed by atoms with E-state index < -0.39 is 0 Å². The van der Waals surface area contributed by atoms with Gasteiger partial charge in [-0.05, 0) is 92.8 Å². The molecule has 1 aromatic heterocycles. The van der Waals surface area contributed by atoms with Crippen LogP contribution in [0.3, 0.4) is 0 Å². The molecule has 0 fully saturated rings. The van der Waals surface area contributed by atoms with Gasteiger partial charge in [0.2, 0.25) is 0 Å². The molecule has 48 heavy (non-hydrogen) atoms. The lowest BCUT2D eigenvalue weighted by molar-refractivity contribution is 0.243. The molecule has 7 nitrogen and oxygen atoms in total. The molecule has 4 rings (SSSR count). The molecule has 1 heterocycles. The topological polar surface area (TPSA) is 52.0 Å². The zero-order valence-electron chi connectivity index (χ0n) is 31.0. The van der Waals surface area contributed by atoms with E-state index in [-0.39, 0.29) is 5.41 Å². The first-order chi connectivity index (χ1) is 23.2. The van der Waals surface area contributed by atoms with Crippen LogP contribution in [-0.2, 0) is 12.0 Å². The minimum absolute atomic E-state index is 0.100. The number of nitrogens with zero attached hydrogens (tertiary/aromatic N) is 4. The smallest absolute Gasteiger partial charge is 0.144 e. The lowest BCUT2D eigenvalue weighted by Gasteiger charge is -2.19. The minimum atomic E-state index is 0.100. The van der Waals surface area contributed by atoms with Crippen LogP contribution >= 0.6 is 0 Å². The van der Waals surface area contributed by atoms with Gasteiger partial charge in [0.1, 0.15) is 28.8 Å². The molecule has 0 bridgehead atoms. The number of aryl methyl sites for hydroxylation is 1. The Bertz CT molecular complexity index is 1530. The highest BCUT2D eigenvalue weighted by Crippen LogP contribution is 2.37. The van der Waals surface area contributed by atoms with Gasteiger partial charge in [-0.1, -0.05) is 73.9 Å². The number of ether oxygens (including phenoxy) is 3. The van der Waals surface area contributed by atoms with Gasteiger partial charge < -0.3 is 28.6 Å². The van der Waals surface area contributed by atoms with Crippen LogP contribution in [-0.4, -0.2) is 71.8 Å². The second-order valence-electron chi connectivity index (χ2n) is 13.6. The SMILES string of the molecule is CCCCn1c(-c2ccc(OCCCN(CC)CC)cc2OCCCN(CC)CC)nc2ccc(Oc3ccc(C(C)(C)C)cc3)cc21. The summed E-state index contributed by atoms with van der Waals surface area (Å²) < 4.78 is 21.5. The average Bonchev–Trinajstić information content (AvgIpc) is 3.44. The van der Waals surface area contributed by atoms with Crippen LogP contribution in [0, 0.1) is 0 Å². The zero-order valence-corrected chi connectivity index (χ0v) is 31.0. The van der Waals surface area contributed by atoms with Crippen LogP contribution < -0.4 is 14.2 Å². The molecule has 0 unspecified atom stereocenters. The summed E-state index contributed by atoms with van der Waals surface area (Å²) in [6, 6.07) is 20.9. The predicted octanol–water partition coefficient (Wildman–Crippen LogP) is 9.81. The number of unbranched alkanes of at least 4 members (excludes halogenated alkanes) is 1. The van der Waals surface area contributed by atoms with Crippen molar-refractivity contribution in [1.82, 2.24) is 19.4 Å². The van der Waals surface area contributed by atoms with E-state index >= 15 is 0 Å². The molecule has 0 atom stereocenters. The van der Waals surface area contributed by atoms with Crippen molar-refractivity contribution in [1.29, 1.82) is 0 Å². The van der Waals surface area contributed by atoms with E-state index in [2.05, 4.69) is 124 Å². The normalized spacial score (nSPS) is 12.0. The van der Waals surface area contributed by atoms with Crippen LogP contribution in [0.4, 0.5) is 0 Å². The highest BCUT2D eigenvalue weighted by molar-refractivity contribution is 5.83. The first kappa shape index (κ1) is 37.3. The fraction of sp³-hybridized carbons (Fsp3) is 0.537. The Labute approximate surface area is 290 Å². The summed E-state index contributed by atoms with van der Waals surface area (Å²) in [4.78, 5) is 10.0. The molecule has 0 radical (unpaired) electrons. The molecular weight excluding hydrogens is 596 g/mol. The molecule has 0 aliphatic heterocycles. The Morgan fingerprint density at radius 1 is 0.667 bits per heavy atom. The van der Waals surface area contributed by atoms with Crippen LogP contribution in [0.15, 0.2) is 60.7 Å². The minimum Gasteiger partial charge on any atom is -0.493 e. The van der Waals surface area contributed by atoms with Crippen molar-refractivity contribution in [2.75, 3.05) is 52.5 Å². The third-order valence-electron chi connectivity index (χ3n) is 9.16. The molecule has 0 N–H and O–H groups in total. The van der Waals surface area contributed by atoms with Crippen molar-refractivity contribution in [2.24, 2.45) is 0 Å². The molecule has 3 aromatic carbocycles. The molecule has 7 heteroatoms. The monoisotopic (exact) mass is 656 g/mol. The first-order valence-corrected chi connectivity index (χ1v) is 18.3. The molecule has 0 amide bonds. The highest BCUT2D eigenvalue weighted by atomic mass is 16.5. The number of rotatable bonds is 20. The number of aromatic nitrogens is 2. The maximum Gasteiger partial charge on any atom is 0.144 e. The van der Waals surface area contributed by atoms with Crippen molar-refractivity contribution in [3.63, 3.8) is 0 Å². The fourth-order valence-electron chi connectivity index (χ4n) is 6.00. The Morgan fingerprint density at radius 3 is 1.88 bits per heavy atom. The first-order valence-electron chi connectivity index (χ1n) is 18.3. The Kier molecular flexibility index (Phi) is 14.2. The standard InChI is InChI=1S/C41H60N4O3/c1-9-14-27-45-38-30-35(48-33-19-17-32(18-20-33)41(6,7)8)22-24-37(38)42-40(45)36-23-21-34(46-28-15-25-43(10-2)11-3)31-39(36)47-29-16-26-44(12-4)13-5/h17-24,30-31H,9-16,25-29H2,1-8H3. The van der Waals surface area contributed by atoms with Gasteiger partial charge in [-0.15, -0.1) is 0 Å². The summed E-state index contributed by atoms with van der Waals surface area (Å²) in [5.41, 5.74) is 4.38. The van der Waals surface area contributed by atoms with E-state index in [1.807, 2.05) is 6.07 Å². The van der Waals surface area contributed by atoms with E-state index in [0.29, 0.717) is 13.2 Å². The van der Waals surface area contributed by atoms with Crippen molar-refractivity contribution >= 4 is 11.0 Å².